The van der Waals surface area contributed by atoms with Crippen LogP contribution in [0.15, 0.2) is 29.2 Å². The van der Waals surface area contributed by atoms with Gasteiger partial charge in [0.05, 0.1) is 0 Å². The molecule has 0 saturated heterocycles. The van der Waals surface area contributed by atoms with Crippen LogP contribution in [0.5, 0.6) is 0 Å². The Balaban J connectivity index is 2.31. The predicted molar refractivity (Wildman–Crippen MR) is 70.6 cm³/mol. The zero-order chi connectivity index (χ0) is 11.1. The molecular weight excluding hydrogens is 200 g/mol. The Kier molecular flexibility index (Phi) is 5.85. The molecule has 84 valence electrons. The van der Waals surface area contributed by atoms with Gasteiger partial charge in [-0.2, -0.15) is 0 Å². The monoisotopic (exact) mass is 222 g/mol. The second kappa shape index (κ2) is 6.95. The minimum atomic E-state index is 0.749. The average Bonchev–Trinajstić information content (AvgIpc) is 2.22. The van der Waals surface area contributed by atoms with Crippen molar-refractivity contribution in [1.82, 2.24) is 0 Å². The van der Waals surface area contributed by atoms with E-state index in [-0.39, 0.29) is 0 Å². The maximum absolute atomic E-state index is 2.33. The Morgan fingerprint density at radius 3 is 2.40 bits per heavy atom. The third kappa shape index (κ3) is 5.27. The highest BCUT2D eigenvalue weighted by Crippen LogP contribution is 2.26. The zero-order valence-electron chi connectivity index (χ0n) is 10.1. The third-order valence-electron chi connectivity index (χ3n) is 2.57. The molecule has 15 heavy (non-hydrogen) atoms. The van der Waals surface area contributed by atoms with Crippen LogP contribution in [0.3, 0.4) is 0 Å². The summed E-state index contributed by atoms with van der Waals surface area (Å²) in [5.74, 6) is 0. The van der Waals surface area contributed by atoms with Gasteiger partial charge in [-0.15, -0.1) is 11.8 Å². The van der Waals surface area contributed by atoms with E-state index in [9.17, 15) is 0 Å². The second-order valence-electron chi connectivity index (χ2n) is 4.24. The van der Waals surface area contributed by atoms with Crippen LogP contribution < -0.4 is 0 Å². The molecule has 1 unspecified atom stereocenters. The topological polar surface area (TPSA) is 0 Å². The summed E-state index contributed by atoms with van der Waals surface area (Å²) in [5, 5.41) is 0.749. The van der Waals surface area contributed by atoms with Crippen molar-refractivity contribution in [3.05, 3.63) is 29.8 Å². The Morgan fingerprint density at radius 2 is 1.80 bits per heavy atom. The molecule has 0 aliphatic carbocycles. The molecule has 0 N–H and O–H groups in total. The van der Waals surface area contributed by atoms with E-state index >= 15 is 0 Å². The van der Waals surface area contributed by atoms with Crippen LogP contribution in [-0.2, 0) is 0 Å². The summed E-state index contributed by atoms with van der Waals surface area (Å²) >= 11 is 2.00. The summed E-state index contributed by atoms with van der Waals surface area (Å²) in [5.41, 5.74) is 1.35. The van der Waals surface area contributed by atoms with Crippen LogP contribution in [0.2, 0.25) is 0 Å². The summed E-state index contributed by atoms with van der Waals surface area (Å²) in [6.45, 7) is 6.73. The van der Waals surface area contributed by atoms with Crippen LogP contribution >= 0.6 is 11.8 Å². The van der Waals surface area contributed by atoms with Crippen LogP contribution in [0.1, 0.15) is 45.1 Å². The van der Waals surface area contributed by atoms with E-state index in [1.165, 1.54) is 36.1 Å². The van der Waals surface area contributed by atoms with Gasteiger partial charge >= 0.3 is 0 Å². The highest BCUT2D eigenvalue weighted by Gasteiger charge is 2.03. The molecule has 1 aromatic carbocycles. The molecule has 0 spiro atoms. The number of unbranched alkanes of at least 4 members (excludes halogenated alkanes) is 2. The molecule has 1 atom stereocenters. The quantitative estimate of drug-likeness (QED) is 0.479. The molecule has 1 heteroatoms. The highest BCUT2D eigenvalue weighted by molar-refractivity contribution is 7.99. The first-order valence-electron chi connectivity index (χ1n) is 5.95. The fourth-order valence-corrected chi connectivity index (χ4v) is 2.63. The van der Waals surface area contributed by atoms with Crippen molar-refractivity contribution in [1.29, 1.82) is 0 Å². The van der Waals surface area contributed by atoms with Gasteiger partial charge in [0, 0.05) is 10.1 Å². The summed E-state index contributed by atoms with van der Waals surface area (Å²) in [6.07, 6.45) is 5.41. The van der Waals surface area contributed by atoms with E-state index in [2.05, 4.69) is 45.0 Å². The normalized spacial score (nSPS) is 12.7. The van der Waals surface area contributed by atoms with E-state index in [0.29, 0.717) is 0 Å². The second-order valence-corrected chi connectivity index (χ2v) is 5.75. The van der Waals surface area contributed by atoms with Gasteiger partial charge < -0.3 is 0 Å². The Hall–Kier alpha value is -0.430. The smallest absolute Gasteiger partial charge is 0.00748 e. The molecular formula is C14H22S. The lowest BCUT2D eigenvalue weighted by Crippen LogP contribution is -1.95. The van der Waals surface area contributed by atoms with Gasteiger partial charge in [-0.1, -0.05) is 50.8 Å². The molecule has 0 aromatic heterocycles. The Bertz CT molecular complexity index is 263. The fourth-order valence-electron chi connectivity index (χ4n) is 1.59. The zero-order valence-corrected chi connectivity index (χ0v) is 10.9. The average molecular weight is 222 g/mol. The first kappa shape index (κ1) is 12.6. The van der Waals surface area contributed by atoms with Crippen molar-refractivity contribution >= 4 is 11.8 Å². The van der Waals surface area contributed by atoms with Gasteiger partial charge in [-0.05, 0) is 25.5 Å². The summed E-state index contributed by atoms with van der Waals surface area (Å²) in [6, 6.07) is 8.86. The predicted octanol–water partition coefficient (Wildman–Crippen LogP) is 5.06. The summed E-state index contributed by atoms with van der Waals surface area (Å²) < 4.78 is 0. The number of hydrogen-bond acceptors (Lipinski definition) is 1. The Morgan fingerprint density at radius 1 is 1.13 bits per heavy atom. The van der Waals surface area contributed by atoms with Crippen LogP contribution in [-0.4, -0.2) is 5.25 Å². The standard InChI is InChI=1S/C14H22S/c1-4-5-6-7-13(3)15-14-10-8-12(2)9-11-14/h8-11,13H,4-7H2,1-3H3. The van der Waals surface area contributed by atoms with Crippen molar-refractivity contribution in [3.63, 3.8) is 0 Å². The van der Waals surface area contributed by atoms with Crippen molar-refractivity contribution in [2.24, 2.45) is 0 Å². The summed E-state index contributed by atoms with van der Waals surface area (Å²) in [4.78, 5) is 1.41. The summed E-state index contributed by atoms with van der Waals surface area (Å²) in [7, 11) is 0. The van der Waals surface area contributed by atoms with E-state index in [0.717, 1.165) is 5.25 Å². The lowest BCUT2D eigenvalue weighted by molar-refractivity contribution is 0.664. The lowest BCUT2D eigenvalue weighted by Gasteiger charge is -2.10. The molecule has 0 aliphatic heterocycles. The number of thioether (sulfide) groups is 1. The Labute approximate surface area is 98.5 Å². The number of hydrogen-bond donors (Lipinski definition) is 0. The van der Waals surface area contributed by atoms with E-state index < -0.39 is 0 Å². The van der Waals surface area contributed by atoms with Crippen LogP contribution in [0.4, 0.5) is 0 Å². The largest absolute Gasteiger partial charge is 0.123 e. The highest BCUT2D eigenvalue weighted by atomic mass is 32.2. The van der Waals surface area contributed by atoms with Crippen LogP contribution in [0.25, 0.3) is 0 Å². The van der Waals surface area contributed by atoms with E-state index in [1.54, 1.807) is 0 Å². The van der Waals surface area contributed by atoms with Crippen molar-refractivity contribution in [2.45, 2.75) is 56.6 Å². The van der Waals surface area contributed by atoms with Crippen molar-refractivity contribution in [3.8, 4) is 0 Å². The third-order valence-corrected chi connectivity index (χ3v) is 3.75. The number of rotatable bonds is 6. The molecule has 1 rings (SSSR count). The SMILES string of the molecule is CCCCCC(C)Sc1ccc(C)cc1. The number of benzene rings is 1. The maximum atomic E-state index is 2.33. The minimum absolute atomic E-state index is 0.749. The van der Waals surface area contributed by atoms with Gasteiger partial charge in [0.25, 0.3) is 0 Å². The molecule has 0 aliphatic rings. The fraction of sp³-hybridized carbons (Fsp3) is 0.571. The molecule has 0 saturated carbocycles. The van der Waals surface area contributed by atoms with E-state index in [4.69, 9.17) is 0 Å². The molecule has 0 bridgehead atoms. The van der Waals surface area contributed by atoms with Gasteiger partial charge in [0.1, 0.15) is 0 Å². The molecule has 1 aromatic rings. The van der Waals surface area contributed by atoms with Crippen molar-refractivity contribution < 1.29 is 0 Å². The minimum Gasteiger partial charge on any atom is -0.123 e. The van der Waals surface area contributed by atoms with Gasteiger partial charge in [0.15, 0.2) is 0 Å². The molecule has 0 amide bonds. The number of aryl methyl sites for hydroxylation is 1. The van der Waals surface area contributed by atoms with Gasteiger partial charge in [-0.25, -0.2) is 0 Å². The molecule has 0 nitrogen and oxygen atoms in total. The van der Waals surface area contributed by atoms with Crippen molar-refractivity contribution in [2.75, 3.05) is 0 Å². The first-order valence-corrected chi connectivity index (χ1v) is 6.83. The van der Waals surface area contributed by atoms with Crippen LogP contribution in [0, 0.1) is 6.92 Å². The maximum Gasteiger partial charge on any atom is 0.00748 e. The molecule has 0 radical (unpaired) electrons. The van der Waals surface area contributed by atoms with Gasteiger partial charge in [0.2, 0.25) is 0 Å². The molecule has 0 fully saturated rings. The van der Waals surface area contributed by atoms with E-state index in [1.807, 2.05) is 11.8 Å². The first-order chi connectivity index (χ1) is 7.22. The molecule has 0 heterocycles. The van der Waals surface area contributed by atoms with Gasteiger partial charge in [-0.3, -0.25) is 0 Å². The lowest BCUT2D eigenvalue weighted by atomic mass is 10.2.